The maximum Gasteiger partial charge on any atom is 0.258 e. The second kappa shape index (κ2) is 8.90. The highest BCUT2D eigenvalue weighted by atomic mass is 16.5. The van der Waals surface area contributed by atoms with Gasteiger partial charge in [0.1, 0.15) is 17.3 Å². The Kier molecular flexibility index (Phi) is 5.89. The minimum Gasteiger partial charge on any atom is -0.496 e. The summed E-state index contributed by atoms with van der Waals surface area (Å²) in [4.78, 5) is 17.3. The number of hydrogen-bond acceptors (Lipinski definition) is 5. The molecule has 0 N–H and O–H groups in total. The predicted molar refractivity (Wildman–Crippen MR) is 110 cm³/mol. The topological polar surface area (TPSA) is 59.1 Å². The van der Waals surface area contributed by atoms with E-state index in [9.17, 15) is 4.79 Å². The van der Waals surface area contributed by atoms with Crippen LogP contribution >= 0.6 is 0 Å². The Morgan fingerprint density at radius 2 is 1.79 bits per heavy atom. The Labute approximate surface area is 170 Å². The third kappa shape index (κ3) is 4.47. The van der Waals surface area contributed by atoms with Crippen LogP contribution in [0.15, 0.2) is 63.6 Å². The fourth-order valence-corrected chi connectivity index (χ4v) is 3.71. The minimum absolute atomic E-state index is 0.130. The summed E-state index contributed by atoms with van der Waals surface area (Å²) < 4.78 is 17.0. The molecule has 1 saturated heterocycles. The molecule has 0 aliphatic carbocycles. The van der Waals surface area contributed by atoms with Gasteiger partial charge < -0.3 is 23.4 Å². The first-order chi connectivity index (χ1) is 14.2. The number of methoxy groups -OCH3 is 1. The van der Waals surface area contributed by atoms with Crippen molar-refractivity contribution >= 4 is 11.8 Å². The Morgan fingerprint density at radius 1 is 1.00 bits per heavy atom. The van der Waals surface area contributed by atoms with Gasteiger partial charge in [-0.15, -0.1) is 0 Å². The van der Waals surface area contributed by atoms with Crippen LogP contribution in [0, 0.1) is 0 Å². The third-order valence-electron chi connectivity index (χ3n) is 5.21. The first-order valence-electron chi connectivity index (χ1n) is 10.0. The molecular weight excluding hydrogens is 368 g/mol. The zero-order valence-corrected chi connectivity index (χ0v) is 16.7. The van der Waals surface area contributed by atoms with E-state index in [-0.39, 0.29) is 5.91 Å². The zero-order chi connectivity index (χ0) is 20.1. The molecule has 1 fully saturated rings. The Hall–Kier alpha value is -3.15. The molecule has 2 aromatic heterocycles. The lowest BCUT2D eigenvalue weighted by atomic mass is 10.1. The van der Waals surface area contributed by atoms with Crippen LogP contribution in [0.3, 0.4) is 0 Å². The molecule has 0 bridgehead atoms. The Balaban J connectivity index is 1.56. The van der Waals surface area contributed by atoms with Crippen LogP contribution in [0.1, 0.15) is 41.1 Å². The summed E-state index contributed by atoms with van der Waals surface area (Å²) in [7, 11) is 1.57. The highest BCUT2D eigenvalue weighted by Gasteiger charge is 2.23. The van der Waals surface area contributed by atoms with Crippen LogP contribution in [0.4, 0.5) is 5.88 Å². The largest absolute Gasteiger partial charge is 0.496 e. The highest BCUT2D eigenvalue weighted by molar-refractivity contribution is 5.96. The lowest BCUT2D eigenvalue weighted by Gasteiger charge is -2.26. The van der Waals surface area contributed by atoms with Gasteiger partial charge in [-0.25, -0.2) is 0 Å². The molecule has 29 heavy (non-hydrogen) atoms. The highest BCUT2D eigenvalue weighted by Crippen LogP contribution is 2.26. The number of piperidine rings is 1. The normalized spacial score (nSPS) is 14.0. The monoisotopic (exact) mass is 394 g/mol. The van der Waals surface area contributed by atoms with Crippen molar-refractivity contribution in [1.82, 2.24) is 4.90 Å². The van der Waals surface area contributed by atoms with Crippen LogP contribution < -0.4 is 9.64 Å². The van der Waals surface area contributed by atoms with E-state index in [0.717, 1.165) is 30.5 Å². The molecule has 3 aromatic rings. The number of anilines is 1. The third-order valence-corrected chi connectivity index (χ3v) is 5.21. The summed E-state index contributed by atoms with van der Waals surface area (Å²) in [6.07, 6.45) is 5.26. The van der Waals surface area contributed by atoms with Crippen LogP contribution in [-0.2, 0) is 13.1 Å². The fourth-order valence-electron chi connectivity index (χ4n) is 3.71. The number of hydrogen-bond donors (Lipinski definition) is 0. The molecule has 4 rings (SSSR count). The van der Waals surface area contributed by atoms with Crippen LogP contribution in [0.5, 0.6) is 5.75 Å². The van der Waals surface area contributed by atoms with Gasteiger partial charge in [-0.3, -0.25) is 4.79 Å². The van der Waals surface area contributed by atoms with Crippen molar-refractivity contribution in [2.24, 2.45) is 0 Å². The molecule has 1 aromatic carbocycles. The van der Waals surface area contributed by atoms with E-state index in [4.69, 9.17) is 13.6 Å². The van der Waals surface area contributed by atoms with Gasteiger partial charge in [0.25, 0.3) is 5.91 Å². The average Bonchev–Trinajstić information content (AvgIpc) is 3.46. The number of para-hydroxylation sites is 1. The summed E-state index contributed by atoms with van der Waals surface area (Å²) in [5.41, 5.74) is 0.518. The van der Waals surface area contributed by atoms with E-state index in [1.807, 2.05) is 36.4 Å². The van der Waals surface area contributed by atoms with E-state index in [1.54, 1.807) is 30.4 Å². The Bertz CT molecular complexity index is 926. The van der Waals surface area contributed by atoms with E-state index < -0.39 is 0 Å². The number of carbonyl (C=O) groups excluding carboxylic acids is 1. The molecule has 0 unspecified atom stereocenters. The zero-order valence-electron chi connectivity index (χ0n) is 16.7. The quantitative estimate of drug-likeness (QED) is 0.581. The molecule has 152 valence electrons. The van der Waals surface area contributed by atoms with Gasteiger partial charge in [0, 0.05) is 19.2 Å². The first-order valence-corrected chi connectivity index (χ1v) is 10.0. The first kappa shape index (κ1) is 19.2. The lowest BCUT2D eigenvalue weighted by molar-refractivity contribution is 0.0701. The molecule has 0 atom stereocenters. The van der Waals surface area contributed by atoms with Gasteiger partial charge in [0.15, 0.2) is 5.88 Å². The number of rotatable bonds is 7. The minimum atomic E-state index is -0.130. The van der Waals surface area contributed by atoms with Crippen molar-refractivity contribution in [3.8, 4) is 5.75 Å². The van der Waals surface area contributed by atoms with Crippen molar-refractivity contribution in [1.29, 1.82) is 0 Å². The number of furan rings is 2. The van der Waals surface area contributed by atoms with Gasteiger partial charge in [-0.2, -0.15) is 0 Å². The van der Waals surface area contributed by atoms with E-state index in [2.05, 4.69) is 4.90 Å². The molecule has 3 heterocycles. The molecule has 1 aliphatic rings. The molecule has 6 nitrogen and oxygen atoms in total. The predicted octanol–water partition coefficient (Wildman–Crippen LogP) is 4.71. The standard InChI is InChI=1S/C23H26N2O4/c1-27-21-10-4-3-9-20(21)23(26)25(16-18-8-7-15-28-18)17-19-11-12-22(29-19)24-13-5-2-6-14-24/h3-4,7-12,15H,2,5-6,13-14,16-17H2,1H3. The second-order valence-corrected chi connectivity index (χ2v) is 7.23. The molecule has 0 saturated carbocycles. The van der Waals surface area contributed by atoms with E-state index >= 15 is 0 Å². The van der Waals surface area contributed by atoms with Gasteiger partial charge in [0.05, 0.1) is 32.0 Å². The molecule has 6 heteroatoms. The number of nitrogens with zero attached hydrogens (tertiary/aromatic N) is 2. The molecule has 1 amide bonds. The van der Waals surface area contributed by atoms with E-state index in [0.29, 0.717) is 24.4 Å². The average molecular weight is 394 g/mol. The molecular formula is C23H26N2O4. The van der Waals surface area contributed by atoms with Gasteiger partial charge in [0.2, 0.25) is 0 Å². The van der Waals surface area contributed by atoms with Crippen molar-refractivity contribution in [2.45, 2.75) is 32.4 Å². The number of ether oxygens (including phenoxy) is 1. The van der Waals surface area contributed by atoms with Crippen LogP contribution in [0.25, 0.3) is 0 Å². The molecule has 0 radical (unpaired) electrons. The number of carbonyl (C=O) groups is 1. The molecule has 1 aliphatic heterocycles. The van der Waals surface area contributed by atoms with E-state index in [1.165, 1.54) is 19.3 Å². The summed E-state index contributed by atoms with van der Waals surface area (Å²) >= 11 is 0. The van der Waals surface area contributed by atoms with Gasteiger partial charge in [-0.1, -0.05) is 12.1 Å². The van der Waals surface area contributed by atoms with Crippen molar-refractivity contribution in [3.05, 3.63) is 71.9 Å². The summed E-state index contributed by atoms with van der Waals surface area (Å²) in [6, 6.07) is 14.9. The van der Waals surface area contributed by atoms with Crippen LogP contribution in [0.2, 0.25) is 0 Å². The van der Waals surface area contributed by atoms with Gasteiger partial charge in [-0.05, 0) is 49.6 Å². The Morgan fingerprint density at radius 3 is 2.55 bits per heavy atom. The maximum atomic E-state index is 13.3. The summed E-state index contributed by atoms with van der Waals surface area (Å²) in [5.74, 6) is 2.77. The van der Waals surface area contributed by atoms with Crippen molar-refractivity contribution in [3.63, 3.8) is 0 Å². The smallest absolute Gasteiger partial charge is 0.258 e. The number of amides is 1. The van der Waals surface area contributed by atoms with Gasteiger partial charge >= 0.3 is 0 Å². The summed E-state index contributed by atoms with van der Waals surface area (Å²) in [6.45, 7) is 2.74. The molecule has 0 spiro atoms. The second-order valence-electron chi connectivity index (χ2n) is 7.23. The fraction of sp³-hybridized carbons (Fsp3) is 0.348. The SMILES string of the molecule is COc1ccccc1C(=O)N(Cc1ccco1)Cc1ccc(N2CCCCC2)o1. The van der Waals surface area contributed by atoms with Crippen molar-refractivity contribution < 1.29 is 18.4 Å². The summed E-state index contributed by atoms with van der Waals surface area (Å²) in [5, 5.41) is 0. The maximum absolute atomic E-state index is 13.3. The van der Waals surface area contributed by atoms with Crippen molar-refractivity contribution in [2.75, 3.05) is 25.1 Å². The number of benzene rings is 1. The lowest BCUT2D eigenvalue weighted by Crippen LogP contribution is -2.30. The van der Waals surface area contributed by atoms with Crippen LogP contribution in [-0.4, -0.2) is 31.0 Å².